The first-order valence-electron chi connectivity index (χ1n) is 8.81. The van der Waals surface area contributed by atoms with E-state index in [1.165, 1.54) is 30.3 Å². The molecule has 0 aliphatic heterocycles. The molecular formula is C21H19ClN2O5S. The van der Waals surface area contributed by atoms with E-state index in [-0.39, 0.29) is 17.4 Å². The van der Waals surface area contributed by atoms with Crippen molar-refractivity contribution >= 4 is 38.9 Å². The Morgan fingerprint density at radius 3 is 2.23 bits per heavy atom. The topological polar surface area (TPSA) is 93.7 Å². The molecule has 0 aromatic heterocycles. The number of nitrogens with one attached hydrogen (secondary N) is 2. The number of sulfonamides is 1. The largest absolute Gasteiger partial charge is 0.497 e. The number of amides is 1. The van der Waals surface area contributed by atoms with Gasteiger partial charge >= 0.3 is 0 Å². The molecule has 156 valence electrons. The molecule has 0 atom stereocenters. The van der Waals surface area contributed by atoms with Crippen LogP contribution in [-0.2, 0) is 14.8 Å². The summed E-state index contributed by atoms with van der Waals surface area (Å²) < 4.78 is 37.9. The first kappa shape index (κ1) is 21.5. The van der Waals surface area contributed by atoms with Crippen molar-refractivity contribution in [2.24, 2.45) is 0 Å². The number of carbonyl (C=O) groups is 1. The van der Waals surface area contributed by atoms with Crippen LogP contribution in [0.25, 0.3) is 0 Å². The second-order valence-corrected chi connectivity index (χ2v) is 8.27. The summed E-state index contributed by atoms with van der Waals surface area (Å²) in [4.78, 5) is 12.1. The van der Waals surface area contributed by atoms with Crippen molar-refractivity contribution in [1.29, 1.82) is 0 Å². The third-order valence-corrected chi connectivity index (χ3v) is 5.59. The lowest BCUT2D eigenvalue weighted by molar-refractivity contribution is -0.118. The summed E-state index contributed by atoms with van der Waals surface area (Å²) in [6.07, 6.45) is 0. The number of ether oxygens (including phenoxy) is 2. The van der Waals surface area contributed by atoms with Crippen LogP contribution in [0.15, 0.2) is 77.7 Å². The Hall–Kier alpha value is -3.23. The van der Waals surface area contributed by atoms with Crippen molar-refractivity contribution < 1.29 is 22.7 Å². The Morgan fingerprint density at radius 1 is 0.933 bits per heavy atom. The fourth-order valence-electron chi connectivity index (χ4n) is 2.50. The van der Waals surface area contributed by atoms with Gasteiger partial charge in [-0.25, -0.2) is 8.42 Å². The lowest BCUT2D eigenvalue weighted by atomic mass is 10.3. The first-order valence-corrected chi connectivity index (χ1v) is 10.7. The van der Waals surface area contributed by atoms with E-state index >= 15 is 0 Å². The molecule has 30 heavy (non-hydrogen) atoms. The van der Waals surface area contributed by atoms with E-state index in [1.54, 1.807) is 49.6 Å². The van der Waals surface area contributed by atoms with E-state index in [0.717, 1.165) is 0 Å². The van der Waals surface area contributed by atoms with Gasteiger partial charge in [0.05, 0.1) is 17.7 Å². The van der Waals surface area contributed by atoms with E-state index in [4.69, 9.17) is 21.1 Å². The molecule has 0 fully saturated rings. The molecule has 9 heteroatoms. The van der Waals surface area contributed by atoms with Gasteiger partial charge in [0.15, 0.2) is 6.61 Å². The lowest BCUT2D eigenvalue weighted by Gasteiger charge is -2.10. The van der Waals surface area contributed by atoms with Crippen molar-refractivity contribution in [2.75, 3.05) is 23.8 Å². The first-order chi connectivity index (χ1) is 14.4. The molecule has 7 nitrogen and oxygen atoms in total. The van der Waals surface area contributed by atoms with E-state index in [9.17, 15) is 13.2 Å². The van der Waals surface area contributed by atoms with Crippen molar-refractivity contribution in [3.8, 4) is 11.5 Å². The highest BCUT2D eigenvalue weighted by Gasteiger charge is 2.14. The number of halogens is 1. The fraction of sp³-hybridized carbons (Fsp3) is 0.0952. The van der Waals surface area contributed by atoms with Gasteiger partial charge in [0.2, 0.25) is 0 Å². The number of methoxy groups -OCH3 is 1. The quantitative estimate of drug-likeness (QED) is 0.541. The zero-order valence-electron chi connectivity index (χ0n) is 16.0. The summed E-state index contributed by atoms with van der Waals surface area (Å²) in [6.45, 7) is -0.192. The van der Waals surface area contributed by atoms with Crippen LogP contribution in [0.3, 0.4) is 0 Å². The number of hydrogen-bond donors (Lipinski definition) is 2. The number of carbonyl (C=O) groups excluding carboxylic acids is 1. The van der Waals surface area contributed by atoms with Crippen molar-refractivity contribution in [3.63, 3.8) is 0 Å². The SMILES string of the molecule is COc1ccc(OCC(=O)Nc2ccc(S(=O)(=O)Nc3cccc(Cl)c3)cc2)cc1. The Morgan fingerprint density at radius 2 is 1.60 bits per heavy atom. The molecule has 0 aliphatic rings. The second kappa shape index (κ2) is 9.51. The van der Waals surface area contributed by atoms with Crippen LogP contribution >= 0.6 is 11.6 Å². The summed E-state index contributed by atoms with van der Waals surface area (Å²) in [7, 11) is -2.22. The molecule has 0 aliphatic carbocycles. The van der Waals surface area contributed by atoms with Gasteiger partial charge in [-0.3, -0.25) is 9.52 Å². The minimum atomic E-state index is -3.78. The molecular weight excluding hydrogens is 428 g/mol. The van der Waals surface area contributed by atoms with Crippen molar-refractivity contribution in [1.82, 2.24) is 0 Å². The second-order valence-electron chi connectivity index (χ2n) is 6.15. The highest BCUT2D eigenvalue weighted by atomic mass is 35.5. The molecule has 3 aromatic carbocycles. The number of anilines is 2. The molecule has 0 saturated carbocycles. The van der Waals surface area contributed by atoms with Crippen LogP contribution in [0.1, 0.15) is 0 Å². The standard InChI is InChI=1S/C21H19ClN2O5S/c1-28-18-7-9-19(10-8-18)29-14-21(25)23-16-5-11-20(12-6-16)30(26,27)24-17-4-2-3-15(22)13-17/h2-13,24H,14H2,1H3,(H,23,25). The van der Waals surface area contributed by atoms with Gasteiger partial charge in [-0.1, -0.05) is 17.7 Å². The van der Waals surface area contributed by atoms with Crippen LogP contribution in [0, 0.1) is 0 Å². The number of rotatable bonds is 8. The van der Waals surface area contributed by atoms with Crippen LogP contribution in [0.5, 0.6) is 11.5 Å². The smallest absolute Gasteiger partial charge is 0.262 e. The van der Waals surface area contributed by atoms with Crippen LogP contribution in [0.4, 0.5) is 11.4 Å². The van der Waals surface area contributed by atoms with Crippen LogP contribution in [0.2, 0.25) is 5.02 Å². The van der Waals surface area contributed by atoms with Gasteiger partial charge in [-0.15, -0.1) is 0 Å². The van der Waals surface area contributed by atoms with Crippen molar-refractivity contribution in [2.45, 2.75) is 4.90 Å². The Bertz CT molecular complexity index is 1120. The monoisotopic (exact) mass is 446 g/mol. The van der Waals surface area contributed by atoms with Gasteiger partial charge in [0, 0.05) is 10.7 Å². The molecule has 0 radical (unpaired) electrons. The zero-order chi connectivity index (χ0) is 21.6. The predicted molar refractivity (Wildman–Crippen MR) is 116 cm³/mol. The molecule has 0 spiro atoms. The fourth-order valence-corrected chi connectivity index (χ4v) is 3.74. The molecule has 0 unspecified atom stereocenters. The van der Waals surface area contributed by atoms with Crippen molar-refractivity contribution in [3.05, 3.63) is 77.8 Å². The maximum atomic E-state index is 12.5. The lowest BCUT2D eigenvalue weighted by Crippen LogP contribution is -2.20. The maximum absolute atomic E-state index is 12.5. The summed E-state index contributed by atoms with van der Waals surface area (Å²) in [5.74, 6) is 0.838. The van der Waals surface area contributed by atoms with Gasteiger partial charge in [0.1, 0.15) is 11.5 Å². The molecule has 3 rings (SSSR count). The normalized spacial score (nSPS) is 10.9. The zero-order valence-corrected chi connectivity index (χ0v) is 17.5. The van der Waals surface area contributed by atoms with E-state index < -0.39 is 10.0 Å². The average molecular weight is 447 g/mol. The van der Waals surface area contributed by atoms with Crippen LogP contribution in [-0.4, -0.2) is 28.0 Å². The Labute approximate surface area is 179 Å². The number of hydrogen-bond acceptors (Lipinski definition) is 5. The molecule has 0 bridgehead atoms. The van der Waals surface area contributed by atoms with E-state index in [1.807, 2.05) is 0 Å². The minimum absolute atomic E-state index is 0.0509. The number of benzene rings is 3. The Kier molecular flexibility index (Phi) is 6.81. The van der Waals surface area contributed by atoms with Gasteiger partial charge < -0.3 is 14.8 Å². The van der Waals surface area contributed by atoms with E-state index in [0.29, 0.717) is 27.9 Å². The molecule has 0 saturated heterocycles. The van der Waals surface area contributed by atoms with Gasteiger partial charge in [-0.2, -0.15) is 0 Å². The highest BCUT2D eigenvalue weighted by Crippen LogP contribution is 2.21. The summed E-state index contributed by atoms with van der Waals surface area (Å²) in [5, 5.41) is 3.07. The minimum Gasteiger partial charge on any atom is -0.497 e. The molecule has 3 aromatic rings. The maximum Gasteiger partial charge on any atom is 0.262 e. The predicted octanol–water partition coefficient (Wildman–Crippen LogP) is 4.17. The summed E-state index contributed by atoms with van der Waals surface area (Å²) >= 11 is 5.88. The average Bonchev–Trinajstić information content (AvgIpc) is 2.73. The van der Waals surface area contributed by atoms with Crippen LogP contribution < -0.4 is 19.5 Å². The third-order valence-electron chi connectivity index (χ3n) is 3.95. The Balaban J connectivity index is 1.57. The van der Waals surface area contributed by atoms with E-state index in [2.05, 4.69) is 10.0 Å². The summed E-state index contributed by atoms with van der Waals surface area (Å²) in [6, 6.07) is 19.0. The molecule has 2 N–H and O–H groups in total. The summed E-state index contributed by atoms with van der Waals surface area (Å²) in [5.41, 5.74) is 0.801. The third kappa shape index (κ3) is 5.88. The van der Waals surface area contributed by atoms with Gasteiger partial charge in [-0.05, 0) is 66.7 Å². The van der Waals surface area contributed by atoms with Gasteiger partial charge in [0.25, 0.3) is 15.9 Å². The molecule has 1 amide bonds. The highest BCUT2D eigenvalue weighted by molar-refractivity contribution is 7.92. The molecule has 0 heterocycles.